The zero-order chi connectivity index (χ0) is 17.3. The molecule has 0 aromatic heterocycles. The van der Waals surface area contributed by atoms with Gasteiger partial charge in [-0.15, -0.1) is 0 Å². The fourth-order valence-corrected chi connectivity index (χ4v) is 4.95. The van der Waals surface area contributed by atoms with Gasteiger partial charge in [-0.25, -0.2) is 8.70 Å². The van der Waals surface area contributed by atoms with Crippen molar-refractivity contribution in [3.05, 3.63) is 59.9 Å². The summed E-state index contributed by atoms with van der Waals surface area (Å²) in [6.45, 7) is 2.78. The maximum absolute atomic E-state index is 13.7. The summed E-state index contributed by atoms with van der Waals surface area (Å²) in [7, 11) is -3.32. The maximum Gasteiger partial charge on any atom is 0.125 e. The lowest BCUT2D eigenvalue weighted by atomic mass is 10.1. The Morgan fingerprint density at radius 2 is 1.96 bits per heavy atom. The molecule has 0 amide bonds. The van der Waals surface area contributed by atoms with Crippen LogP contribution in [0.3, 0.4) is 0 Å². The monoisotopic (exact) mass is 351 g/mol. The Morgan fingerprint density at radius 3 is 2.67 bits per heavy atom. The van der Waals surface area contributed by atoms with Gasteiger partial charge in [0.15, 0.2) is 0 Å². The molecule has 0 saturated carbocycles. The van der Waals surface area contributed by atoms with Gasteiger partial charge in [0, 0.05) is 12.6 Å². The van der Waals surface area contributed by atoms with E-state index in [4.69, 9.17) is 5.73 Å². The summed E-state index contributed by atoms with van der Waals surface area (Å²) in [6, 6.07) is 13.3. The first-order valence-corrected chi connectivity index (χ1v) is 9.30. The minimum absolute atomic E-state index is 0.121. The van der Waals surface area contributed by atoms with E-state index in [0.717, 1.165) is 5.56 Å². The average Bonchev–Trinajstić information content (AvgIpc) is 2.53. The van der Waals surface area contributed by atoms with E-state index in [1.54, 1.807) is 16.4 Å². The van der Waals surface area contributed by atoms with Gasteiger partial charge in [-0.05, 0) is 60.7 Å². The van der Waals surface area contributed by atoms with Crippen molar-refractivity contribution in [3.63, 3.8) is 0 Å². The highest BCUT2D eigenvalue weighted by atomic mass is 32.3. The van der Waals surface area contributed by atoms with Crippen LogP contribution in [0, 0.1) is 5.82 Å². The van der Waals surface area contributed by atoms with Crippen LogP contribution in [-0.2, 0) is 6.54 Å². The smallest absolute Gasteiger partial charge is 0.125 e. The van der Waals surface area contributed by atoms with Crippen molar-refractivity contribution >= 4 is 22.3 Å². The van der Waals surface area contributed by atoms with Crippen LogP contribution in [0.1, 0.15) is 18.9 Å². The highest BCUT2D eigenvalue weighted by Gasteiger charge is 2.40. The van der Waals surface area contributed by atoms with E-state index in [1.807, 2.05) is 31.2 Å². The normalized spacial score (nSPS) is 19.6. The molecule has 1 heterocycles. The average molecular weight is 351 g/mol. The van der Waals surface area contributed by atoms with E-state index in [9.17, 15) is 13.5 Å². The van der Waals surface area contributed by atoms with E-state index < -0.39 is 16.8 Å². The fourth-order valence-electron chi connectivity index (χ4n) is 3.00. The van der Waals surface area contributed by atoms with Gasteiger partial charge in [0.1, 0.15) is 5.82 Å². The standard InChI is InChI=1S/C17H22FN3O2S/c1-13(9-10-19)20-12-14-5-2-3-8-17(14)21(24(20,22)23)16-7-4-6-15(18)11-16/h2-8,11,13,22-23H,9-10,12,19H2,1H3. The highest BCUT2D eigenvalue weighted by Crippen LogP contribution is 2.59. The first-order chi connectivity index (χ1) is 11.4. The number of benzene rings is 2. The highest BCUT2D eigenvalue weighted by molar-refractivity contribution is 8.23. The Hall–Kier alpha value is -1.64. The molecule has 24 heavy (non-hydrogen) atoms. The molecule has 3 rings (SSSR count). The summed E-state index contributed by atoms with van der Waals surface area (Å²) in [5.41, 5.74) is 7.69. The molecule has 4 N–H and O–H groups in total. The van der Waals surface area contributed by atoms with Crippen LogP contribution in [0.15, 0.2) is 48.5 Å². The molecule has 1 aliphatic rings. The second-order valence-electron chi connectivity index (χ2n) is 5.89. The van der Waals surface area contributed by atoms with Crippen LogP contribution in [0.4, 0.5) is 15.8 Å². The molecule has 1 aliphatic heterocycles. The van der Waals surface area contributed by atoms with Crippen LogP contribution in [0.2, 0.25) is 0 Å². The largest absolute Gasteiger partial charge is 0.330 e. The number of nitrogens with zero attached hydrogens (tertiary/aromatic N) is 2. The molecule has 0 radical (unpaired) electrons. The quantitative estimate of drug-likeness (QED) is 0.773. The van der Waals surface area contributed by atoms with Gasteiger partial charge in [0.2, 0.25) is 0 Å². The second kappa shape index (κ2) is 6.70. The van der Waals surface area contributed by atoms with Gasteiger partial charge in [0.25, 0.3) is 0 Å². The van der Waals surface area contributed by atoms with Gasteiger partial charge < -0.3 is 5.73 Å². The molecule has 0 saturated heterocycles. The first-order valence-electron chi connectivity index (χ1n) is 7.84. The predicted octanol–water partition coefficient (Wildman–Crippen LogP) is 4.10. The molecule has 2 aromatic rings. The summed E-state index contributed by atoms with van der Waals surface area (Å²) in [4.78, 5) is 0. The zero-order valence-corrected chi connectivity index (χ0v) is 14.3. The number of para-hydroxylation sites is 1. The Bertz CT molecular complexity index is 728. The Morgan fingerprint density at radius 1 is 1.21 bits per heavy atom. The number of nitrogens with two attached hydrogens (primary N) is 1. The van der Waals surface area contributed by atoms with Gasteiger partial charge in [-0.1, -0.05) is 24.3 Å². The Labute approximate surface area is 143 Å². The maximum atomic E-state index is 13.7. The van der Waals surface area contributed by atoms with E-state index in [-0.39, 0.29) is 6.04 Å². The van der Waals surface area contributed by atoms with Crippen LogP contribution in [-0.4, -0.2) is 26.0 Å². The summed E-state index contributed by atoms with van der Waals surface area (Å²) in [5, 5.41) is 0. The van der Waals surface area contributed by atoms with E-state index in [2.05, 4.69) is 0 Å². The van der Waals surface area contributed by atoms with Crippen LogP contribution in [0.25, 0.3) is 0 Å². The minimum atomic E-state index is -3.32. The van der Waals surface area contributed by atoms with E-state index in [0.29, 0.717) is 30.9 Å². The van der Waals surface area contributed by atoms with E-state index >= 15 is 0 Å². The van der Waals surface area contributed by atoms with Crippen LogP contribution in [0.5, 0.6) is 0 Å². The lowest BCUT2D eigenvalue weighted by Gasteiger charge is -2.55. The molecule has 130 valence electrons. The van der Waals surface area contributed by atoms with Crippen LogP contribution < -0.4 is 10.0 Å². The molecule has 0 aliphatic carbocycles. The van der Waals surface area contributed by atoms with Crippen molar-refractivity contribution in [1.82, 2.24) is 4.31 Å². The Balaban J connectivity index is 2.13. The summed E-state index contributed by atoms with van der Waals surface area (Å²) < 4.78 is 38.8. The number of rotatable bonds is 4. The third kappa shape index (κ3) is 3.01. The van der Waals surface area contributed by atoms with Crippen molar-refractivity contribution in [2.24, 2.45) is 5.73 Å². The molecule has 1 unspecified atom stereocenters. The van der Waals surface area contributed by atoms with Crippen molar-refractivity contribution in [1.29, 1.82) is 0 Å². The first kappa shape index (κ1) is 17.2. The topological polar surface area (TPSA) is 73.0 Å². The number of hydrogen-bond donors (Lipinski definition) is 3. The van der Waals surface area contributed by atoms with Gasteiger partial charge >= 0.3 is 0 Å². The van der Waals surface area contributed by atoms with E-state index in [1.165, 1.54) is 16.4 Å². The molecule has 7 heteroatoms. The number of halogens is 1. The molecule has 0 bridgehead atoms. The van der Waals surface area contributed by atoms with Crippen molar-refractivity contribution in [3.8, 4) is 0 Å². The molecular formula is C17H22FN3O2S. The van der Waals surface area contributed by atoms with Crippen molar-refractivity contribution < 1.29 is 13.5 Å². The molecule has 0 fully saturated rings. The van der Waals surface area contributed by atoms with Gasteiger partial charge in [0.05, 0.1) is 11.4 Å². The molecular weight excluding hydrogens is 329 g/mol. The molecule has 1 atom stereocenters. The van der Waals surface area contributed by atoms with Gasteiger partial charge in [-0.2, -0.15) is 4.31 Å². The molecule has 5 nitrogen and oxygen atoms in total. The summed E-state index contributed by atoms with van der Waals surface area (Å²) in [6.07, 6.45) is 0.634. The lowest BCUT2D eigenvalue weighted by Crippen LogP contribution is -2.46. The Kier molecular flexibility index (Phi) is 4.80. The molecule has 0 spiro atoms. The number of anilines is 2. The van der Waals surface area contributed by atoms with Gasteiger partial charge in [-0.3, -0.25) is 9.11 Å². The lowest BCUT2D eigenvalue weighted by molar-refractivity contribution is 0.274. The fraction of sp³-hybridized carbons (Fsp3) is 0.294. The summed E-state index contributed by atoms with van der Waals surface area (Å²) >= 11 is 0. The zero-order valence-electron chi connectivity index (χ0n) is 13.5. The summed E-state index contributed by atoms with van der Waals surface area (Å²) in [5.74, 6) is -0.424. The predicted molar refractivity (Wildman–Crippen MR) is 96.5 cm³/mol. The molecule has 2 aromatic carbocycles. The minimum Gasteiger partial charge on any atom is -0.330 e. The number of hydrogen-bond acceptors (Lipinski definition) is 5. The number of fused-ring (bicyclic) bond motifs is 1. The SMILES string of the molecule is CC(CCN)N1Cc2ccccc2N(c2cccc(F)c2)S1(O)O. The third-order valence-corrected chi connectivity index (χ3v) is 6.23. The second-order valence-corrected chi connectivity index (χ2v) is 7.71. The van der Waals surface area contributed by atoms with Crippen molar-refractivity contribution in [2.75, 3.05) is 10.8 Å². The van der Waals surface area contributed by atoms with Crippen LogP contribution >= 0.6 is 11.0 Å². The third-order valence-electron chi connectivity index (χ3n) is 4.21. The van der Waals surface area contributed by atoms with Crippen molar-refractivity contribution in [2.45, 2.75) is 25.9 Å².